The SMILES string of the molecule is CC(C)N(CC1CCN(c2ccc(CCn3c(=O)n(-c4ccc(C#N)c(C(F)(F)F)c4)c4ccccc43)cc2)CC1)[C@H]1C[C@H](Oc2ccc3c(c2)C(=O)N(C2CCC(=O)NC2=O)C3=O)C1. The van der Waals surface area contributed by atoms with Crippen molar-refractivity contribution >= 4 is 40.3 Å². The van der Waals surface area contributed by atoms with Crippen LogP contribution in [-0.4, -0.2) is 86.4 Å². The fourth-order valence-corrected chi connectivity index (χ4v) is 9.87. The molecule has 9 rings (SSSR count). The predicted molar refractivity (Wildman–Crippen MR) is 235 cm³/mol. The summed E-state index contributed by atoms with van der Waals surface area (Å²) in [6, 6.07) is 24.8. The molecule has 4 amide bonds. The molecule has 0 radical (unpaired) electrons. The lowest BCUT2D eigenvalue weighted by atomic mass is 9.85. The summed E-state index contributed by atoms with van der Waals surface area (Å²) in [5.41, 5.74) is 1.66. The summed E-state index contributed by atoms with van der Waals surface area (Å²) in [7, 11) is 0. The Labute approximate surface area is 373 Å². The number of hydrogen-bond donors (Lipinski definition) is 1. The molecule has 3 aliphatic heterocycles. The maximum absolute atomic E-state index is 13.8. The Bertz CT molecular complexity index is 2800. The van der Waals surface area contributed by atoms with E-state index in [1.54, 1.807) is 53.1 Å². The van der Waals surface area contributed by atoms with E-state index in [0.717, 1.165) is 73.6 Å². The molecule has 1 saturated carbocycles. The number of carbonyl (C=O) groups excluding carboxylic acids is 4. The van der Waals surface area contributed by atoms with Crippen LogP contribution in [0.15, 0.2) is 89.7 Å². The predicted octanol–water partition coefficient (Wildman–Crippen LogP) is 6.86. The number of nitrogens with one attached hydrogen (secondary N) is 1. The average molecular weight is 888 g/mol. The summed E-state index contributed by atoms with van der Waals surface area (Å²) in [5, 5.41) is 11.5. The minimum Gasteiger partial charge on any atom is -0.490 e. The Morgan fingerprint density at radius 1 is 0.846 bits per heavy atom. The molecule has 5 aromatic rings. The second-order valence-corrected chi connectivity index (χ2v) is 17.8. The third-order valence-corrected chi connectivity index (χ3v) is 13.4. The molecule has 0 bridgehead atoms. The van der Waals surface area contributed by atoms with Gasteiger partial charge in [0, 0.05) is 63.2 Å². The van der Waals surface area contributed by atoms with Gasteiger partial charge in [0.05, 0.1) is 45.0 Å². The van der Waals surface area contributed by atoms with Gasteiger partial charge in [0.2, 0.25) is 11.8 Å². The fourth-order valence-electron chi connectivity index (χ4n) is 9.87. The number of amides is 4. The van der Waals surface area contributed by atoms with Crippen molar-refractivity contribution in [3.05, 3.63) is 123 Å². The quantitative estimate of drug-likeness (QED) is 0.133. The van der Waals surface area contributed by atoms with Gasteiger partial charge in [-0.25, -0.2) is 4.79 Å². The molecular weight excluding hydrogens is 840 g/mol. The lowest BCUT2D eigenvalue weighted by Crippen LogP contribution is -2.54. The van der Waals surface area contributed by atoms with Gasteiger partial charge in [-0.05, 0) is 112 Å². The van der Waals surface area contributed by atoms with Crippen molar-refractivity contribution in [2.75, 3.05) is 24.5 Å². The number of nitrogens with zero attached hydrogens (tertiary/aromatic N) is 6. The molecular formula is C49H48F3N7O6. The molecule has 65 heavy (non-hydrogen) atoms. The molecule has 1 atom stereocenters. The highest BCUT2D eigenvalue weighted by Crippen LogP contribution is 2.37. The molecule has 1 unspecified atom stereocenters. The highest BCUT2D eigenvalue weighted by atomic mass is 19.4. The first kappa shape index (κ1) is 43.5. The number of ether oxygens (including phenoxy) is 1. The van der Waals surface area contributed by atoms with E-state index in [1.165, 1.54) is 10.6 Å². The third kappa shape index (κ3) is 8.41. The molecule has 16 heteroatoms. The first-order valence-corrected chi connectivity index (χ1v) is 22.1. The minimum absolute atomic E-state index is 0.0343. The number of alkyl halides is 3. The largest absolute Gasteiger partial charge is 0.490 e. The molecule has 13 nitrogen and oxygen atoms in total. The normalized spacial score (nSPS) is 20.4. The van der Waals surface area contributed by atoms with Crippen LogP contribution in [0.25, 0.3) is 16.7 Å². The molecule has 2 saturated heterocycles. The van der Waals surface area contributed by atoms with Gasteiger partial charge in [-0.15, -0.1) is 0 Å². The molecule has 336 valence electrons. The zero-order chi connectivity index (χ0) is 45.7. The maximum atomic E-state index is 13.8. The lowest BCUT2D eigenvalue weighted by Gasteiger charge is -2.46. The summed E-state index contributed by atoms with van der Waals surface area (Å²) in [5.74, 6) is -1.12. The van der Waals surface area contributed by atoms with Crippen LogP contribution in [0.1, 0.15) is 89.8 Å². The third-order valence-electron chi connectivity index (χ3n) is 13.4. The second-order valence-electron chi connectivity index (χ2n) is 17.8. The molecule has 1 N–H and O–H groups in total. The average Bonchev–Trinajstić information content (AvgIpc) is 3.70. The van der Waals surface area contributed by atoms with Crippen LogP contribution >= 0.6 is 0 Å². The smallest absolute Gasteiger partial charge is 0.417 e. The number of benzene rings is 4. The van der Waals surface area contributed by atoms with Gasteiger partial charge in [0.15, 0.2) is 0 Å². The van der Waals surface area contributed by atoms with Crippen LogP contribution in [0.4, 0.5) is 18.9 Å². The summed E-state index contributed by atoms with van der Waals surface area (Å²) in [6.07, 6.45) is -0.315. The first-order chi connectivity index (χ1) is 31.2. The number of carbonyl (C=O) groups is 4. The number of imidazole rings is 1. The summed E-state index contributed by atoms with van der Waals surface area (Å²) in [4.78, 5) is 70.2. The number of nitriles is 1. The molecule has 4 aromatic carbocycles. The van der Waals surface area contributed by atoms with Crippen LogP contribution in [0.5, 0.6) is 5.75 Å². The van der Waals surface area contributed by atoms with E-state index in [1.807, 2.05) is 0 Å². The Balaban J connectivity index is 0.769. The molecule has 4 heterocycles. The van der Waals surface area contributed by atoms with Crippen LogP contribution in [-0.2, 0) is 28.7 Å². The van der Waals surface area contributed by atoms with Gasteiger partial charge >= 0.3 is 11.9 Å². The molecule has 4 aliphatic rings. The number of anilines is 1. The number of rotatable bonds is 12. The number of para-hydroxylation sites is 2. The Morgan fingerprint density at radius 2 is 1.54 bits per heavy atom. The van der Waals surface area contributed by atoms with E-state index < -0.39 is 52.7 Å². The van der Waals surface area contributed by atoms with Crippen molar-refractivity contribution in [2.45, 2.75) is 95.7 Å². The number of imide groups is 2. The van der Waals surface area contributed by atoms with Crippen LogP contribution in [0.2, 0.25) is 0 Å². The van der Waals surface area contributed by atoms with Gasteiger partial charge in [0.25, 0.3) is 11.8 Å². The van der Waals surface area contributed by atoms with E-state index in [2.05, 4.69) is 53.2 Å². The van der Waals surface area contributed by atoms with E-state index in [0.29, 0.717) is 47.8 Å². The Hall–Kier alpha value is -6.73. The van der Waals surface area contributed by atoms with E-state index in [-0.39, 0.29) is 35.8 Å². The highest BCUT2D eigenvalue weighted by Gasteiger charge is 2.45. The van der Waals surface area contributed by atoms with E-state index in [9.17, 15) is 42.4 Å². The zero-order valence-electron chi connectivity index (χ0n) is 36.0. The topological polar surface area (TPSA) is 150 Å². The van der Waals surface area contributed by atoms with Gasteiger partial charge in [0.1, 0.15) is 17.9 Å². The molecule has 3 fully saturated rings. The molecule has 1 aromatic heterocycles. The van der Waals surface area contributed by atoms with Crippen LogP contribution in [0.3, 0.4) is 0 Å². The van der Waals surface area contributed by atoms with Crippen molar-refractivity contribution in [1.82, 2.24) is 24.3 Å². The van der Waals surface area contributed by atoms with Gasteiger partial charge in [-0.3, -0.25) is 43.4 Å². The van der Waals surface area contributed by atoms with Gasteiger partial charge in [-0.2, -0.15) is 18.4 Å². The monoisotopic (exact) mass is 887 g/mol. The van der Waals surface area contributed by atoms with Crippen molar-refractivity contribution in [2.24, 2.45) is 5.92 Å². The Kier molecular flexibility index (Phi) is 11.6. The summed E-state index contributed by atoms with van der Waals surface area (Å²) in [6.45, 7) is 7.60. The number of aromatic nitrogens is 2. The second kappa shape index (κ2) is 17.3. The summed E-state index contributed by atoms with van der Waals surface area (Å²) < 4.78 is 50.6. The lowest BCUT2D eigenvalue weighted by molar-refractivity contribution is -0.138. The number of fused-ring (bicyclic) bond motifs is 2. The standard InChI is InChI=1S/C49H48F3N7O6/c1-29(2)57(35-23-37(24-35)65-36-13-14-38-39(26-36)47(63)59(46(38)62)43-15-16-44(60)54-45(43)61)28-31-17-20-55(21-18-31)33-10-7-30(8-11-33)19-22-56-41-5-3-4-6-42(41)58(48(56)64)34-12-9-32(27-53)40(25-34)49(50,51)52/h3-14,25-26,29,31,35,37,43H,15-24,28H2,1-2H3,(H,54,60,61)/t35-,37-,43?. The number of halogens is 3. The highest BCUT2D eigenvalue weighted by molar-refractivity contribution is 6.23. The van der Waals surface area contributed by atoms with Crippen LogP contribution < -0.4 is 20.6 Å². The number of aryl methyl sites for hydroxylation is 2. The van der Waals surface area contributed by atoms with Crippen LogP contribution in [0, 0.1) is 17.2 Å². The first-order valence-electron chi connectivity index (χ1n) is 22.1. The molecule has 1 aliphatic carbocycles. The maximum Gasteiger partial charge on any atom is 0.417 e. The Morgan fingerprint density at radius 3 is 2.22 bits per heavy atom. The zero-order valence-corrected chi connectivity index (χ0v) is 36.0. The molecule has 0 spiro atoms. The van der Waals surface area contributed by atoms with Gasteiger partial charge < -0.3 is 9.64 Å². The van der Waals surface area contributed by atoms with E-state index in [4.69, 9.17) is 4.74 Å². The minimum atomic E-state index is -4.75. The van der Waals surface area contributed by atoms with Crippen molar-refractivity contribution in [3.63, 3.8) is 0 Å². The fraction of sp³-hybridized carbons (Fsp3) is 0.388. The summed E-state index contributed by atoms with van der Waals surface area (Å²) >= 11 is 0. The van der Waals surface area contributed by atoms with E-state index >= 15 is 0 Å². The number of hydrogen-bond acceptors (Lipinski definition) is 9. The van der Waals surface area contributed by atoms with Gasteiger partial charge in [-0.1, -0.05) is 24.3 Å². The van der Waals surface area contributed by atoms with Crippen molar-refractivity contribution in [1.29, 1.82) is 5.26 Å². The number of piperidine rings is 2. The van der Waals surface area contributed by atoms with Crippen molar-refractivity contribution in [3.8, 4) is 17.5 Å². The van der Waals surface area contributed by atoms with Crippen molar-refractivity contribution < 1.29 is 37.1 Å².